The molecule has 7 heteroatoms. The van der Waals surface area contributed by atoms with E-state index in [-0.39, 0.29) is 17.7 Å². The van der Waals surface area contributed by atoms with Gasteiger partial charge >= 0.3 is 0 Å². The molecule has 2 atom stereocenters. The smallest absolute Gasteiger partial charge is 0.253 e. The summed E-state index contributed by atoms with van der Waals surface area (Å²) in [6.07, 6.45) is 2.69. The van der Waals surface area contributed by atoms with Gasteiger partial charge in [-0.3, -0.25) is 9.59 Å². The molecule has 0 saturated carbocycles. The summed E-state index contributed by atoms with van der Waals surface area (Å²) in [5.41, 5.74) is 1.74. The molecule has 0 spiro atoms. The van der Waals surface area contributed by atoms with Crippen LogP contribution in [0.25, 0.3) is 0 Å². The van der Waals surface area contributed by atoms with Gasteiger partial charge in [0.15, 0.2) is 0 Å². The third kappa shape index (κ3) is 5.34. The summed E-state index contributed by atoms with van der Waals surface area (Å²) < 4.78 is 0. The summed E-state index contributed by atoms with van der Waals surface area (Å²) >= 11 is 12.0. The average molecular weight is 460 g/mol. The number of likely N-dealkylation sites (tertiary alicyclic amines) is 1. The van der Waals surface area contributed by atoms with E-state index < -0.39 is 0 Å². The quantitative estimate of drug-likeness (QED) is 0.716. The number of para-hydroxylation sites is 1. The van der Waals surface area contributed by atoms with E-state index in [0.717, 1.165) is 32.4 Å². The van der Waals surface area contributed by atoms with E-state index in [4.69, 9.17) is 23.2 Å². The molecule has 5 nitrogen and oxygen atoms in total. The molecule has 2 saturated heterocycles. The van der Waals surface area contributed by atoms with E-state index in [2.05, 4.69) is 34.5 Å². The zero-order valence-corrected chi connectivity index (χ0v) is 18.9. The highest BCUT2D eigenvalue weighted by atomic mass is 35.5. The monoisotopic (exact) mass is 459 g/mol. The van der Waals surface area contributed by atoms with Gasteiger partial charge in [-0.1, -0.05) is 41.4 Å². The maximum Gasteiger partial charge on any atom is 0.253 e. The van der Waals surface area contributed by atoms with Crippen molar-refractivity contribution in [1.29, 1.82) is 0 Å². The Morgan fingerprint density at radius 3 is 2.55 bits per heavy atom. The Hall–Kier alpha value is -2.24. The number of rotatable bonds is 5. The lowest BCUT2D eigenvalue weighted by atomic mass is 9.96. The first-order valence-corrected chi connectivity index (χ1v) is 11.6. The van der Waals surface area contributed by atoms with Crippen molar-refractivity contribution in [2.45, 2.75) is 19.3 Å². The molecular formula is C24H27Cl2N3O2. The third-order valence-corrected chi connectivity index (χ3v) is 6.96. The van der Waals surface area contributed by atoms with Crippen molar-refractivity contribution in [3.8, 4) is 0 Å². The molecule has 0 radical (unpaired) electrons. The maximum absolute atomic E-state index is 12.9. The van der Waals surface area contributed by atoms with Gasteiger partial charge in [0.1, 0.15) is 0 Å². The molecule has 2 aromatic carbocycles. The fourth-order valence-electron chi connectivity index (χ4n) is 4.45. The summed E-state index contributed by atoms with van der Waals surface area (Å²) in [5.74, 6) is 0.212. The number of nitrogens with one attached hydrogen (secondary N) is 1. The molecule has 2 aliphatic rings. The molecule has 2 amide bonds. The molecule has 2 fully saturated rings. The number of benzene rings is 2. The van der Waals surface area contributed by atoms with Crippen molar-refractivity contribution in [3.05, 3.63) is 64.1 Å². The van der Waals surface area contributed by atoms with Crippen molar-refractivity contribution in [1.82, 2.24) is 10.2 Å². The average Bonchev–Trinajstić information content (AvgIpc) is 3.28. The number of nitrogens with zero attached hydrogens (tertiary/aromatic N) is 2. The minimum absolute atomic E-state index is 0.0461. The minimum Gasteiger partial charge on any atom is -0.371 e. The van der Waals surface area contributed by atoms with Crippen LogP contribution in [0.4, 0.5) is 5.69 Å². The fourth-order valence-corrected chi connectivity index (χ4v) is 4.75. The number of amides is 2. The van der Waals surface area contributed by atoms with Crippen LogP contribution in [0.1, 0.15) is 29.6 Å². The Bertz CT molecular complexity index is 938. The van der Waals surface area contributed by atoms with E-state index in [0.29, 0.717) is 41.2 Å². The molecule has 2 heterocycles. The van der Waals surface area contributed by atoms with Gasteiger partial charge in [0.25, 0.3) is 5.91 Å². The van der Waals surface area contributed by atoms with Crippen LogP contribution in [0.2, 0.25) is 10.0 Å². The van der Waals surface area contributed by atoms with Crippen LogP contribution in [0.3, 0.4) is 0 Å². The number of hydrogen-bond acceptors (Lipinski definition) is 3. The van der Waals surface area contributed by atoms with Crippen LogP contribution < -0.4 is 10.2 Å². The highest BCUT2D eigenvalue weighted by Crippen LogP contribution is 2.26. The molecule has 2 aliphatic heterocycles. The molecule has 31 heavy (non-hydrogen) atoms. The first kappa shape index (κ1) is 22.0. The molecule has 0 aliphatic carbocycles. The molecule has 164 valence electrons. The Balaban J connectivity index is 1.28. The summed E-state index contributed by atoms with van der Waals surface area (Å²) in [5, 5.41) is 3.92. The van der Waals surface area contributed by atoms with Crippen molar-refractivity contribution in [2.24, 2.45) is 11.8 Å². The van der Waals surface area contributed by atoms with Crippen molar-refractivity contribution < 1.29 is 9.59 Å². The largest absolute Gasteiger partial charge is 0.371 e. The van der Waals surface area contributed by atoms with E-state index >= 15 is 0 Å². The fraction of sp³-hybridized carbons (Fsp3) is 0.417. The van der Waals surface area contributed by atoms with Crippen LogP contribution in [-0.2, 0) is 4.79 Å². The van der Waals surface area contributed by atoms with E-state index in [1.165, 1.54) is 5.69 Å². The highest BCUT2D eigenvalue weighted by molar-refractivity contribution is 6.42. The van der Waals surface area contributed by atoms with Gasteiger partial charge < -0.3 is 15.1 Å². The van der Waals surface area contributed by atoms with Gasteiger partial charge in [-0.15, -0.1) is 0 Å². The molecule has 0 bridgehead atoms. The Morgan fingerprint density at radius 2 is 1.77 bits per heavy atom. The molecular weight excluding hydrogens is 433 g/mol. The topological polar surface area (TPSA) is 52.7 Å². The lowest BCUT2D eigenvalue weighted by Crippen LogP contribution is -2.46. The van der Waals surface area contributed by atoms with Crippen LogP contribution in [0, 0.1) is 11.8 Å². The van der Waals surface area contributed by atoms with Gasteiger partial charge in [0.2, 0.25) is 5.91 Å². The van der Waals surface area contributed by atoms with E-state index in [1.807, 2.05) is 6.07 Å². The lowest BCUT2D eigenvalue weighted by Gasteiger charge is -2.32. The maximum atomic E-state index is 12.9. The van der Waals surface area contributed by atoms with Gasteiger partial charge in [0, 0.05) is 44.0 Å². The molecule has 4 rings (SSSR count). The number of carbonyl (C=O) groups is 2. The first-order valence-electron chi connectivity index (χ1n) is 10.8. The van der Waals surface area contributed by atoms with Gasteiger partial charge in [-0.2, -0.15) is 0 Å². The predicted molar refractivity (Wildman–Crippen MR) is 125 cm³/mol. The third-order valence-electron chi connectivity index (χ3n) is 6.22. The van der Waals surface area contributed by atoms with Crippen LogP contribution >= 0.6 is 23.2 Å². The Kier molecular flexibility index (Phi) is 7.03. The van der Waals surface area contributed by atoms with E-state index in [1.54, 1.807) is 23.1 Å². The zero-order chi connectivity index (χ0) is 21.8. The Labute approximate surface area is 193 Å². The predicted octanol–water partition coefficient (Wildman–Crippen LogP) is 4.49. The van der Waals surface area contributed by atoms with Gasteiger partial charge in [0.05, 0.1) is 16.0 Å². The summed E-state index contributed by atoms with van der Waals surface area (Å²) in [6, 6.07) is 15.3. The minimum atomic E-state index is -0.174. The molecule has 1 N–H and O–H groups in total. The summed E-state index contributed by atoms with van der Waals surface area (Å²) in [6.45, 7) is 3.74. The highest BCUT2D eigenvalue weighted by Gasteiger charge is 2.30. The van der Waals surface area contributed by atoms with Crippen LogP contribution in [-0.4, -0.2) is 49.4 Å². The molecule has 2 aromatic rings. The van der Waals surface area contributed by atoms with Crippen molar-refractivity contribution >= 4 is 40.7 Å². The van der Waals surface area contributed by atoms with Crippen molar-refractivity contribution in [3.63, 3.8) is 0 Å². The van der Waals surface area contributed by atoms with Crippen LogP contribution in [0.15, 0.2) is 48.5 Å². The summed E-state index contributed by atoms with van der Waals surface area (Å²) in [4.78, 5) is 29.8. The zero-order valence-electron chi connectivity index (χ0n) is 17.4. The number of hydrogen-bond donors (Lipinski definition) is 1. The number of anilines is 1. The second-order valence-corrected chi connectivity index (χ2v) is 9.22. The summed E-state index contributed by atoms with van der Waals surface area (Å²) in [7, 11) is 0. The molecule has 0 aromatic heterocycles. The Morgan fingerprint density at radius 1 is 0.968 bits per heavy atom. The number of halogens is 2. The normalized spacial score (nSPS) is 21.2. The van der Waals surface area contributed by atoms with E-state index in [9.17, 15) is 9.59 Å². The molecule has 2 unspecified atom stereocenters. The standard InChI is InChI=1S/C24H27Cl2N3O2/c25-21-9-8-18(13-22(21)26)24(31)29-11-4-5-19(16-29)23(30)27-14-17-10-12-28(15-17)20-6-2-1-3-7-20/h1-3,6-9,13,17,19H,4-5,10-12,14-16H2,(H,27,30). The SMILES string of the molecule is O=C(NCC1CCN(c2ccccc2)C1)C1CCCN(C(=O)c2ccc(Cl)c(Cl)c2)C1. The lowest BCUT2D eigenvalue weighted by molar-refractivity contribution is -0.126. The number of piperidine rings is 1. The number of carbonyl (C=O) groups excluding carboxylic acids is 2. The first-order chi connectivity index (χ1) is 15.0. The van der Waals surface area contributed by atoms with Gasteiger partial charge in [-0.25, -0.2) is 0 Å². The second-order valence-electron chi connectivity index (χ2n) is 8.40. The van der Waals surface area contributed by atoms with Crippen molar-refractivity contribution in [2.75, 3.05) is 37.6 Å². The van der Waals surface area contributed by atoms with Gasteiger partial charge in [-0.05, 0) is 55.5 Å². The second kappa shape index (κ2) is 9.92. The van der Waals surface area contributed by atoms with Crippen LogP contribution in [0.5, 0.6) is 0 Å².